The summed E-state index contributed by atoms with van der Waals surface area (Å²) < 4.78 is 9.95. The third-order valence-electron chi connectivity index (χ3n) is 12.5. The molecule has 4 amide bonds. The Bertz CT molecular complexity index is 2390. The molecule has 5 aromatic rings. The molecule has 6 heterocycles. The fourth-order valence-electron chi connectivity index (χ4n) is 8.85. The third-order valence-corrected chi connectivity index (χ3v) is 12.5. The Balaban J connectivity index is 0.764. The number of nitrogens with one attached hydrogen (secondary N) is 2. The van der Waals surface area contributed by atoms with Crippen molar-refractivity contribution in [2.45, 2.75) is 82.1 Å². The Morgan fingerprint density at radius 3 is 2.66 bits per heavy atom. The molecule has 2 saturated carbocycles. The van der Waals surface area contributed by atoms with Gasteiger partial charge in [0.2, 0.25) is 11.8 Å². The van der Waals surface area contributed by atoms with Crippen LogP contribution in [-0.2, 0) is 16.1 Å². The van der Waals surface area contributed by atoms with Gasteiger partial charge < -0.3 is 19.9 Å². The molecule has 15 heteroatoms. The number of amides is 4. The van der Waals surface area contributed by atoms with Crippen LogP contribution < -0.4 is 20.3 Å². The second-order valence-electron chi connectivity index (χ2n) is 16.1. The van der Waals surface area contributed by atoms with Crippen molar-refractivity contribution >= 4 is 51.6 Å². The van der Waals surface area contributed by atoms with Crippen molar-refractivity contribution in [1.82, 2.24) is 39.5 Å². The molecule has 3 aromatic heterocycles. The van der Waals surface area contributed by atoms with Crippen molar-refractivity contribution in [3.05, 3.63) is 77.9 Å². The van der Waals surface area contributed by atoms with E-state index in [1.807, 2.05) is 24.3 Å². The first kappa shape index (κ1) is 34.6. The van der Waals surface area contributed by atoms with Gasteiger partial charge in [-0.3, -0.25) is 34.1 Å². The summed E-state index contributed by atoms with van der Waals surface area (Å²) in [4.78, 5) is 61.5. The van der Waals surface area contributed by atoms with E-state index in [4.69, 9.17) is 9.84 Å². The maximum absolute atomic E-state index is 13.4. The Morgan fingerprint density at radius 1 is 1.02 bits per heavy atom. The van der Waals surface area contributed by atoms with E-state index in [2.05, 4.69) is 54.5 Å². The highest BCUT2D eigenvalue weighted by Gasteiger charge is 2.40. The minimum atomic E-state index is -0.606. The van der Waals surface area contributed by atoms with Crippen LogP contribution in [0.25, 0.3) is 16.6 Å². The molecule has 288 valence electrons. The van der Waals surface area contributed by atoms with Crippen molar-refractivity contribution in [2.75, 3.05) is 37.0 Å². The van der Waals surface area contributed by atoms with Gasteiger partial charge in [0.15, 0.2) is 5.65 Å². The van der Waals surface area contributed by atoms with Crippen LogP contribution in [0.4, 0.5) is 11.4 Å². The minimum absolute atomic E-state index is 0.143. The fourth-order valence-corrected chi connectivity index (χ4v) is 8.85. The number of fused-ring (bicyclic) bond motifs is 3. The number of carbonyl (C=O) groups excluding carboxylic acids is 4. The van der Waals surface area contributed by atoms with Crippen LogP contribution in [0.2, 0.25) is 0 Å². The number of aromatic nitrogens is 5. The number of piperidine rings is 1. The molecule has 0 radical (unpaired) electrons. The number of ether oxygens (including phenoxy) is 1. The molecule has 10 rings (SSSR count). The smallest absolute Gasteiger partial charge is 0.261 e. The molecule has 0 bridgehead atoms. The zero-order valence-corrected chi connectivity index (χ0v) is 31.3. The first-order chi connectivity index (χ1) is 27.3. The molecule has 2 saturated heterocycles. The van der Waals surface area contributed by atoms with Crippen LogP contribution in [0, 0.1) is 5.92 Å². The van der Waals surface area contributed by atoms with E-state index < -0.39 is 6.04 Å². The standard InChI is InChI=1S/C41H44N10O5/c1-47(30-21-48(22-30)29-9-10-31-25(15-29)19-49(41(31)55)35-11-12-37(52)45-40(35)54)27-5-7-28(8-6-27)51-20-26-16-34(36(17-33(26)46-51)56-23-24-3-4-24)44-39(53)32-18-43-50-14-2-13-42-38(32)50/h2,9-10,13-18,20,24,27-28,30,35H,3-8,11-12,19,21-23H2,1H3,(H,44,53)(H,45,52,54). The van der Waals surface area contributed by atoms with E-state index in [1.165, 1.54) is 6.20 Å². The topological polar surface area (TPSA) is 159 Å². The van der Waals surface area contributed by atoms with E-state index in [0.29, 0.717) is 65.8 Å². The summed E-state index contributed by atoms with van der Waals surface area (Å²) in [5.74, 6) is 0.0720. The average molecular weight is 757 g/mol. The first-order valence-corrected chi connectivity index (χ1v) is 19.8. The summed E-state index contributed by atoms with van der Waals surface area (Å²) >= 11 is 0. The van der Waals surface area contributed by atoms with Gasteiger partial charge in [-0.25, -0.2) is 9.50 Å². The van der Waals surface area contributed by atoms with Gasteiger partial charge in [0.1, 0.15) is 17.4 Å². The van der Waals surface area contributed by atoms with E-state index in [9.17, 15) is 19.2 Å². The third kappa shape index (κ3) is 6.33. The number of carbonyl (C=O) groups is 4. The van der Waals surface area contributed by atoms with Gasteiger partial charge in [-0.05, 0) is 93.8 Å². The van der Waals surface area contributed by atoms with Crippen molar-refractivity contribution in [3.8, 4) is 5.75 Å². The lowest BCUT2D eigenvalue weighted by atomic mass is 9.89. The largest absolute Gasteiger partial charge is 0.491 e. The number of anilines is 2. The molecule has 5 aliphatic rings. The lowest BCUT2D eigenvalue weighted by Gasteiger charge is -2.49. The summed E-state index contributed by atoms with van der Waals surface area (Å²) in [6.45, 7) is 2.84. The molecule has 3 aliphatic heterocycles. The Kier molecular flexibility index (Phi) is 8.49. The van der Waals surface area contributed by atoms with Gasteiger partial charge in [0, 0.05) is 79.4 Å². The van der Waals surface area contributed by atoms with Gasteiger partial charge in [0.25, 0.3) is 11.8 Å². The summed E-state index contributed by atoms with van der Waals surface area (Å²) in [6, 6.07) is 12.3. The number of hydrogen-bond acceptors (Lipinski definition) is 10. The van der Waals surface area contributed by atoms with Crippen molar-refractivity contribution in [2.24, 2.45) is 5.92 Å². The van der Waals surface area contributed by atoms with Crippen molar-refractivity contribution < 1.29 is 23.9 Å². The maximum Gasteiger partial charge on any atom is 0.261 e. The monoisotopic (exact) mass is 756 g/mol. The zero-order valence-electron chi connectivity index (χ0n) is 31.3. The lowest BCUT2D eigenvalue weighted by molar-refractivity contribution is -0.136. The van der Waals surface area contributed by atoms with Crippen LogP contribution in [0.3, 0.4) is 0 Å². The molecule has 4 fully saturated rings. The highest BCUT2D eigenvalue weighted by Crippen LogP contribution is 2.38. The van der Waals surface area contributed by atoms with Crippen molar-refractivity contribution in [3.63, 3.8) is 0 Å². The molecule has 2 aromatic carbocycles. The number of likely N-dealkylation sites (N-methyl/N-ethyl adjacent to an activating group) is 1. The summed E-state index contributed by atoms with van der Waals surface area (Å²) in [5.41, 5.74) is 5.02. The second kappa shape index (κ2) is 13.7. The summed E-state index contributed by atoms with van der Waals surface area (Å²) in [6.07, 6.45) is 14.2. The minimum Gasteiger partial charge on any atom is -0.491 e. The molecule has 2 aliphatic carbocycles. The number of hydrogen-bond donors (Lipinski definition) is 2. The van der Waals surface area contributed by atoms with Crippen LogP contribution >= 0.6 is 0 Å². The molecule has 2 N–H and O–H groups in total. The Labute approximate surface area is 322 Å². The van der Waals surface area contributed by atoms with Gasteiger partial charge in [0.05, 0.1) is 30.0 Å². The lowest BCUT2D eigenvalue weighted by Crippen LogP contribution is -2.61. The second-order valence-corrected chi connectivity index (χ2v) is 16.1. The number of nitrogens with zero attached hydrogens (tertiary/aromatic N) is 8. The molecule has 1 atom stereocenters. The molecule has 0 spiro atoms. The molecule has 56 heavy (non-hydrogen) atoms. The van der Waals surface area contributed by atoms with Gasteiger partial charge in [-0.2, -0.15) is 10.2 Å². The number of benzene rings is 2. The van der Waals surface area contributed by atoms with Gasteiger partial charge >= 0.3 is 0 Å². The maximum atomic E-state index is 13.4. The average Bonchev–Trinajstić information content (AvgIpc) is 3.61. The Morgan fingerprint density at radius 2 is 1.86 bits per heavy atom. The summed E-state index contributed by atoms with van der Waals surface area (Å²) in [7, 11) is 2.25. The van der Waals surface area contributed by atoms with Crippen LogP contribution in [0.15, 0.2) is 61.2 Å². The molecule has 15 nitrogen and oxygen atoms in total. The highest BCUT2D eigenvalue weighted by molar-refractivity contribution is 6.09. The van der Waals surface area contributed by atoms with E-state index in [1.54, 1.807) is 27.9 Å². The molecular formula is C41H44N10O5. The van der Waals surface area contributed by atoms with E-state index in [-0.39, 0.29) is 36.1 Å². The number of imide groups is 1. The van der Waals surface area contributed by atoms with Crippen LogP contribution in [-0.4, -0.2) is 103 Å². The molecule has 1 unspecified atom stereocenters. The van der Waals surface area contributed by atoms with Crippen LogP contribution in [0.1, 0.15) is 83.7 Å². The van der Waals surface area contributed by atoms with E-state index in [0.717, 1.165) is 73.8 Å². The normalized spacial score (nSPS) is 22.8. The predicted molar refractivity (Wildman–Crippen MR) is 206 cm³/mol. The quantitative estimate of drug-likeness (QED) is 0.198. The Hall–Kier alpha value is -5.83. The van der Waals surface area contributed by atoms with Crippen LogP contribution in [0.5, 0.6) is 5.75 Å². The molecular weight excluding hydrogens is 713 g/mol. The van der Waals surface area contributed by atoms with E-state index >= 15 is 0 Å². The van der Waals surface area contributed by atoms with Crippen molar-refractivity contribution in [1.29, 1.82) is 0 Å². The zero-order chi connectivity index (χ0) is 38.1. The van der Waals surface area contributed by atoms with Gasteiger partial charge in [-0.1, -0.05) is 0 Å². The first-order valence-electron chi connectivity index (χ1n) is 19.8. The SMILES string of the molecule is CN(C1CCC(n2cc3cc(NC(=O)c4cnn5cccnc45)c(OCC4CC4)cc3n2)CC1)C1CN(c2ccc3c(c2)CN(C2CCC(=O)NC2=O)C3=O)C1. The predicted octanol–water partition coefficient (Wildman–Crippen LogP) is 4.19. The fraction of sp³-hybridized carbons (Fsp3) is 0.439. The summed E-state index contributed by atoms with van der Waals surface area (Å²) in [5, 5.41) is 15.7. The van der Waals surface area contributed by atoms with Gasteiger partial charge in [-0.15, -0.1) is 0 Å². The number of rotatable bonds is 10. The highest BCUT2D eigenvalue weighted by atomic mass is 16.5.